The average Bonchev–Trinajstić information content (AvgIpc) is 3.18. The molecule has 2 aliphatic rings. The van der Waals surface area contributed by atoms with Crippen LogP contribution >= 0.6 is 0 Å². The van der Waals surface area contributed by atoms with Crippen LogP contribution in [-0.4, -0.2) is 16.9 Å². The molecule has 1 N–H and O–H groups in total. The first-order valence-corrected chi connectivity index (χ1v) is 8.51. The Kier molecular flexibility index (Phi) is 2.89. The number of ketones is 1. The first-order valence-electron chi connectivity index (χ1n) is 8.51. The lowest BCUT2D eigenvalue weighted by atomic mass is 9.96. The van der Waals surface area contributed by atoms with Crippen molar-refractivity contribution in [1.29, 1.82) is 0 Å². The van der Waals surface area contributed by atoms with Gasteiger partial charge in [0, 0.05) is 23.7 Å². The number of nitrogens with zero attached hydrogens (tertiary/aromatic N) is 1. The molecule has 118 valence electrons. The Morgan fingerprint density at radius 1 is 1.00 bits per heavy atom. The minimum atomic E-state index is 0.178. The van der Waals surface area contributed by atoms with E-state index in [1.165, 1.54) is 16.5 Å². The number of benzene rings is 2. The molecule has 0 saturated heterocycles. The van der Waals surface area contributed by atoms with Crippen molar-refractivity contribution >= 4 is 28.0 Å². The van der Waals surface area contributed by atoms with Gasteiger partial charge < -0.3 is 9.88 Å². The molecule has 0 atom stereocenters. The number of aromatic nitrogens is 1. The lowest BCUT2D eigenvalue weighted by Crippen LogP contribution is -2.10. The molecule has 0 aliphatic carbocycles. The average molecular weight is 314 g/mol. The quantitative estimate of drug-likeness (QED) is 0.784. The van der Waals surface area contributed by atoms with Gasteiger partial charge in [0.25, 0.3) is 0 Å². The minimum Gasteiger partial charge on any atom is -0.376 e. The number of carbonyl (C=O) groups is 1. The van der Waals surface area contributed by atoms with Crippen LogP contribution in [0.1, 0.15) is 23.1 Å². The van der Waals surface area contributed by atoms with Gasteiger partial charge in [-0.25, -0.2) is 0 Å². The molecule has 2 aliphatic heterocycles. The van der Waals surface area contributed by atoms with Crippen LogP contribution in [0.4, 0.5) is 0 Å². The van der Waals surface area contributed by atoms with E-state index in [4.69, 9.17) is 0 Å². The predicted octanol–water partition coefficient (Wildman–Crippen LogP) is 3.63. The first kappa shape index (κ1) is 13.6. The van der Waals surface area contributed by atoms with E-state index in [1.54, 1.807) is 0 Å². The van der Waals surface area contributed by atoms with Gasteiger partial charge in [-0.1, -0.05) is 48.5 Å². The van der Waals surface area contributed by atoms with Crippen LogP contribution in [0, 0.1) is 0 Å². The van der Waals surface area contributed by atoms with Crippen LogP contribution in [0.25, 0.3) is 22.2 Å². The molecule has 0 bridgehead atoms. The smallest absolute Gasteiger partial charge is 0.184 e. The third kappa shape index (κ3) is 1.88. The number of rotatable bonds is 2. The van der Waals surface area contributed by atoms with E-state index in [2.05, 4.69) is 46.4 Å². The van der Waals surface area contributed by atoms with E-state index in [1.807, 2.05) is 18.2 Å². The second-order valence-electron chi connectivity index (χ2n) is 6.55. The van der Waals surface area contributed by atoms with E-state index in [-0.39, 0.29) is 5.78 Å². The fourth-order valence-electron chi connectivity index (χ4n) is 4.08. The summed E-state index contributed by atoms with van der Waals surface area (Å²) in [5, 5.41) is 4.52. The van der Waals surface area contributed by atoms with Gasteiger partial charge in [-0.05, 0) is 24.0 Å². The van der Waals surface area contributed by atoms with E-state index < -0.39 is 0 Å². The first-order chi connectivity index (χ1) is 11.8. The molecule has 3 aromatic rings. The second kappa shape index (κ2) is 5.10. The zero-order valence-electron chi connectivity index (χ0n) is 13.4. The van der Waals surface area contributed by atoms with Crippen molar-refractivity contribution < 1.29 is 4.79 Å². The highest BCUT2D eigenvalue weighted by Gasteiger charge is 2.28. The molecular weight excluding hydrogens is 296 g/mol. The number of carbonyl (C=O) groups excluding carboxylic acids is 1. The Morgan fingerprint density at radius 3 is 2.75 bits per heavy atom. The van der Waals surface area contributed by atoms with E-state index >= 15 is 0 Å². The minimum absolute atomic E-state index is 0.178. The summed E-state index contributed by atoms with van der Waals surface area (Å²) in [5.41, 5.74) is 6.64. The summed E-state index contributed by atoms with van der Waals surface area (Å²) in [6.45, 7) is 1.41. The molecule has 0 spiro atoms. The van der Waals surface area contributed by atoms with Crippen LogP contribution in [0.15, 0.2) is 54.7 Å². The van der Waals surface area contributed by atoms with E-state index in [9.17, 15) is 4.79 Å². The summed E-state index contributed by atoms with van der Waals surface area (Å²) in [5.74, 6) is 0.178. The summed E-state index contributed by atoms with van der Waals surface area (Å²) in [6.07, 6.45) is 4.46. The standard InChI is InChI=1S/C21H18N2O/c24-18-12-22-20(14-6-2-1-3-7-14)19(18)17-13-23-11-5-9-15-8-4-10-16(17)21(15)23/h1-4,6-8,10,13,22H,5,9,11-12H2. The highest BCUT2D eigenvalue weighted by molar-refractivity contribution is 6.33. The third-order valence-electron chi connectivity index (χ3n) is 5.11. The Morgan fingerprint density at radius 2 is 1.88 bits per heavy atom. The highest BCUT2D eigenvalue weighted by Crippen LogP contribution is 2.37. The lowest BCUT2D eigenvalue weighted by molar-refractivity contribution is -0.112. The second-order valence-corrected chi connectivity index (χ2v) is 6.55. The molecule has 0 saturated carbocycles. The van der Waals surface area contributed by atoms with Gasteiger partial charge in [-0.15, -0.1) is 0 Å². The molecule has 1 aromatic heterocycles. The van der Waals surface area contributed by atoms with Crippen molar-refractivity contribution in [3.63, 3.8) is 0 Å². The van der Waals surface area contributed by atoms with Gasteiger partial charge in [0.1, 0.15) is 0 Å². The van der Waals surface area contributed by atoms with Crippen LogP contribution in [0.5, 0.6) is 0 Å². The van der Waals surface area contributed by atoms with Crippen molar-refractivity contribution in [2.75, 3.05) is 6.54 Å². The van der Waals surface area contributed by atoms with Gasteiger partial charge in [-0.3, -0.25) is 4.79 Å². The van der Waals surface area contributed by atoms with Crippen LogP contribution in [0.2, 0.25) is 0 Å². The summed E-state index contributed by atoms with van der Waals surface area (Å²) in [7, 11) is 0. The molecule has 3 heterocycles. The zero-order valence-corrected chi connectivity index (χ0v) is 13.4. The molecule has 2 aromatic carbocycles. The maximum atomic E-state index is 12.7. The Hall–Kier alpha value is -2.81. The molecular formula is C21H18N2O. The van der Waals surface area contributed by atoms with Crippen molar-refractivity contribution in [3.8, 4) is 0 Å². The topological polar surface area (TPSA) is 34.0 Å². The summed E-state index contributed by atoms with van der Waals surface area (Å²) < 4.78 is 2.32. The van der Waals surface area contributed by atoms with Gasteiger partial charge in [0.05, 0.1) is 23.3 Å². The van der Waals surface area contributed by atoms with Gasteiger partial charge >= 0.3 is 0 Å². The van der Waals surface area contributed by atoms with Gasteiger partial charge in [0.15, 0.2) is 5.78 Å². The third-order valence-corrected chi connectivity index (χ3v) is 5.11. The maximum absolute atomic E-state index is 12.7. The SMILES string of the molecule is O=C1CNC(c2ccccc2)=C1c1cn2c3c(cccc13)CCC2. The van der Waals surface area contributed by atoms with Crippen molar-refractivity contribution in [2.24, 2.45) is 0 Å². The van der Waals surface area contributed by atoms with Crippen molar-refractivity contribution in [2.45, 2.75) is 19.4 Å². The largest absolute Gasteiger partial charge is 0.376 e. The number of nitrogens with one attached hydrogen (secondary N) is 1. The molecule has 0 fully saturated rings. The Balaban J connectivity index is 1.80. The Bertz CT molecular complexity index is 995. The van der Waals surface area contributed by atoms with Crippen molar-refractivity contribution in [3.05, 3.63) is 71.4 Å². The summed E-state index contributed by atoms with van der Waals surface area (Å²) in [6, 6.07) is 16.6. The number of para-hydroxylation sites is 1. The molecule has 0 radical (unpaired) electrons. The fraction of sp³-hybridized carbons (Fsp3) is 0.190. The van der Waals surface area contributed by atoms with Gasteiger partial charge in [-0.2, -0.15) is 0 Å². The van der Waals surface area contributed by atoms with Crippen LogP contribution in [-0.2, 0) is 17.8 Å². The molecule has 5 rings (SSSR count). The van der Waals surface area contributed by atoms with Crippen LogP contribution < -0.4 is 5.32 Å². The summed E-state index contributed by atoms with van der Waals surface area (Å²) in [4.78, 5) is 12.7. The lowest BCUT2D eigenvalue weighted by Gasteiger charge is -2.14. The Labute approximate surface area is 140 Å². The zero-order chi connectivity index (χ0) is 16.1. The summed E-state index contributed by atoms with van der Waals surface area (Å²) >= 11 is 0. The maximum Gasteiger partial charge on any atom is 0.184 e. The fourth-order valence-corrected chi connectivity index (χ4v) is 4.08. The number of hydrogen-bond donors (Lipinski definition) is 1. The van der Waals surface area contributed by atoms with Gasteiger partial charge in [0.2, 0.25) is 0 Å². The molecule has 0 amide bonds. The molecule has 3 heteroatoms. The van der Waals surface area contributed by atoms with E-state index in [0.717, 1.165) is 41.8 Å². The normalized spacial score (nSPS) is 16.8. The van der Waals surface area contributed by atoms with Crippen LogP contribution in [0.3, 0.4) is 0 Å². The monoisotopic (exact) mass is 314 g/mol. The van der Waals surface area contributed by atoms with Crippen molar-refractivity contribution in [1.82, 2.24) is 9.88 Å². The molecule has 0 unspecified atom stereocenters. The predicted molar refractivity (Wildman–Crippen MR) is 96.5 cm³/mol. The number of aryl methyl sites for hydroxylation is 2. The van der Waals surface area contributed by atoms with E-state index in [0.29, 0.717) is 6.54 Å². The number of hydrogen-bond acceptors (Lipinski definition) is 2. The number of Topliss-reactive ketones (excluding diaryl/α,β-unsaturated/α-hetero) is 1. The molecule has 24 heavy (non-hydrogen) atoms. The molecule has 3 nitrogen and oxygen atoms in total. The highest BCUT2D eigenvalue weighted by atomic mass is 16.1.